The number of benzene rings is 1. The molecule has 6 nitrogen and oxygen atoms in total. The molecule has 0 unspecified atom stereocenters. The molecule has 1 heterocycles. The third kappa shape index (κ3) is 2.93. The van der Waals surface area contributed by atoms with Crippen LogP contribution in [0.4, 0.5) is 5.69 Å². The smallest absolute Gasteiger partial charge is 0.243 e. The largest absolute Gasteiger partial charge is 0.399 e. The van der Waals surface area contributed by atoms with Crippen molar-refractivity contribution in [2.24, 2.45) is 7.05 Å². The lowest BCUT2D eigenvalue weighted by atomic mass is 10.1. The van der Waals surface area contributed by atoms with Crippen LogP contribution in [0.2, 0.25) is 0 Å². The first kappa shape index (κ1) is 15.5. The van der Waals surface area contributed by atoms with E-state index in [4.69, 9.17) is 5.73 Å². The standard InChI is InChI=1S/C14H20N4O2S/c1-10-7-12(15)8-11(2)14(10)21(19,20)18(4)9-13-16-5-6-17(13)3/h5-8H,9,15H2,1-4H3. The van der Waals surface area contributed by atoms with Crippen molar-refractivity contribution in [3.8, 4) is 0 Å². The van der Waals surface area contributed by atoms with Crippen molar-refractivity contribution in [1.29, 1.82) is 0 Å². The van der Waals surface area contributed by atoms with Gasteiger partial charge in [0.25, 0.3) is 0 Å². The van der Waals surface area contributed by atoms with Crippen molar-refractivity contribution >= 4 is 15.7 Å². The first-order chi connectivity index (χ1) is 9.73. The first-order valence-corrected chi connectivity index (χ1v) is 7.96. The molecule has 0 bridgehead atoms. The number of aromatic nitrogens is 2. The fraction of sp³-hybridized carbons (Fsp3) is 0.357. The molecule has 0 aliphatic rings. The molecule has 7 heteroatoms. The van der Waals surface area contributed by atoms with Crippen LogP contribution < -0.4 is 5.73 Å². The van der Waals surface area contributed by atoms with Gasteiger partial charge in [0.05, 0.1) is 11.4 Å². The van der Waals surface area contributed by atoms with Crippen molar-refractivity contribution < 1.29 is 8.42 Å². The van der Waals surface area contributed by atoms with Gasteiger partial charge in [-0.1, -0.05) is 0 Å². The van der Waals surface area contributed by atoms with Crippen molar-refractivity contribution in [2.45, 2.75) is 25.3 Å². The van der Waals surface area contributed by atoms with Crippen LogP contribution in [-0.2, 0) is 23.6 Å². The van der Waals surface area contributed by atoms with E-state index in [0.29, 0.717) is 27.5 Å². The quantitative estimate of drug-likeness (QED) is 0.867. The molecule has 21 heavy (non-hydrogen) atoms. The average Bonchev–Trinajstić information content (AvgIpc) is 2.73. The highest BCUT2D eigenvalue weighted by Crippen LogP contribution is 2.26. The molecule has 0 saturated carbocycles. The topological polar surface area (TPSA) is 81.2 Å². The maximum Gasteiger partial charge on any atom is 0.243 e. The first-order valence-electron chi connectivity index (χ1n) is 6.52. The Bertz CT molecular complexity index is 742. The summed E-state index contributed by atoms with van der Waals surface area (Å²) in [6.45, 7) is 3.73. The number of rotatable bonds is 4. The van der Waals surface area contributed by atoms with Gasteiger partial charge in [-0.25, -0.2) is 13.4 Å². The molecule has 0 amide bonds. The van der Waals surface area contributed by atoms with E-state index in [1.54, 1.807) is 50.0 Å². The molecule has 2 aromatic rings. The predicted molar refractivity (Wildman–Crippen MR) is 82.2 cm³/mol. The van der Waals surface area contributed by atoms with Gasteiger partial charge >= 0.3 is 0 Å². The number of nitrogens with zero attached hydrogens (tertiary/aromatic N) is 3. The van der Waals surface area contributed by atoms with Crippen LogP contribution in [0.3, 0.4) is 0 Å². The van der Waals surface area contributed by atoms with E-state index in [1.807, 2.05) is 7.05 Å². The minimum absolute atomic E-state index is 0.217. The Hall–Kier alpha value is -1.86. The third-order valence-corrected chi connectivity index (χ3v) is 5.55. The third-order valence-electron chi connectivity index (χ3n) is 3.44. The molecule has 2 rings (SSSR count). The summed E-state index contributed by atoms with van der Waals surface area (Å²) >= 11 is 0. The van der Waals surface area contributed by atoms with Crippen molar-refractivity contribution in [3.63, 3.8) is 0 Å². The predicted octanol–water partition coefficient (Wildman–Crippen LogP) is 1.44. The molecule has 0 atom stereocenters. The molecule has 2 N–H and O–H groups in total. The number of aryl methyl sites for hydroxylation is 3. The van der Waals surface area contributed by atoms with Gasteiger partial charge < -0.3 is 10.3 Å². The molecule has 0 saturated heterocycles. The Morgan fingerprint density at radius 1 is 1.29 bits per heavy atom. The van der Waals surface area contributed by atoms with Crippen LogP contribution in [0.15, 0.2) is 29.4 Å². The number of anilines is 1. The van der Waals surface area contributed by atoms with E-state index in [0.717, 1.165) is 0 Å². The van der Waals surface area contributed by atoms with E-state index >= 15 is 0 Å². The monoisotopic (exact) mass is 308 g/mol. The molecule has 1 aromatic carbocycles. The zero-order valence-corrected chi connectivity index (χ0v) is 13.5. The maximum absolute atomic E-state index is 12.8. The van der Waals surface area contributed by atoms with Crippen molar-refractivity contribution in [2.75, 3.05) is 12.8 Å². The van der Waals surface area contributed by atoms with Crippen LogP contribution in [0.1, 0.15) is 17.0 Å². The Morgan fingerprint density at radius 3 is 2.33 bits per heavy atom. The molecular weight excluding hydrogens is 288 g/mol. The van der Waals surface area contributed by atoms with E-state index in [2.05, 4.69) is 4.98 Å². The summed E-state index contributed by atoms with van der Waals surface area (Å²) in [6.07, 6.45) is 3.44. The lowest BCUT2D eigenvalue weighted by Gasteiger charge is -2.20. The van der Waals surface area contributed by atoms with Gasteiger partial charge in [0.2, 0.25) is 10.0 Å². The van der Waals surface area contributed by atoms with Crippen LogP contribution in [0, 0.1) is 13.8 Å². The van der Waals surface area contributed by atoms with E-state index in [-0.39, 0.29) is 6.54 Å². The highest BCUT2D eigenvalue weighted by atomic mass is 32.2. The number of imidazole rings is 1. The van der Waals surface area contributed by atoms with Crippen LogP contribution in [-0.4, -0.2) is 29.3 Å². The van der Waals surface area contributed by atoms with E-state index < -0.39 is 10.0 Å². The Kier molecular flexibility index (Phi) is 4.06. The summed E-state index contributed by atoms with van der Waals surface area (Å²) in [4.78, 5) is 4.47. The normalized spacial score (nSPS) is 12.0. The average molecular weight is 308 g/mol. The second-order valence-corrected chi connectivity index (χ2v) is 7.18. The van der Waals surface area contributed by atoms with Gasteiger partial charge in [0.15, 0.2) is 0 Å². The number of nitrogens with two attached hydrogens (primary N) is 1. The summed E-state index contributed by atoms with van der Waals surface area (Å²) < 4.78 is 28.6. The minimum Gasteiger partial charge on any atom is -0.399 e. The fourth-order valence-corrected chi connectivity index (χ4v) is 3.91. The summed E-state index contributed by atoms with van der Waals surface area (Å²) in [6, 6.07) is 3.35. The van der Waals surface area contributed by atoms with Gasteiger partial charge in [-0.15, -0.1) is 0 Å². The lowest BCUT2D eigenvalue weighted by molar-refractivity contribution is 0.450. The van der Waals surface area contributed by atoms with Crippen LogP contribution in [0.5, 0.6) is 0 Å². The molecule has 1 aromatic heterocycles. The second-order valence-electron chi connectivity index (χ2n) is 5.20. The zero-order chi connectivity index (χ0) is 15.8. The minimum atomic E-state index is -3.59. The highest BCUT2D eigenvalue weighted by molar-refractivity contribution is 7.89. The molecular formula is C14H20N4O2S. The Labute approximate surface area is 125 Å². The number of hydrogen-bond donors (Lipinski definition) is 1. The molecule has 0 radical (unpaired) electrons. The summed E-state index contributed by atoms with van der Waals surface area (Å²) in [5.41, 5.74) is 7.63. The van der Waals surface area contributed by atoms with Crippen molar-refractivity contribution in [3.05, 3.63) is 41.5 Å². The van der Waals surface area contributed by atoms with Crippen LogP contribution >= 0.6 is 0 Å². The molecule has 0 aliphatic carbocycles. The van der Waals surface area contributed by atoms with E-state index in [1.165, 1.54) is 4.31 Å². The van der Waals surface area contributed by atoms with Crippen molar-refractivity contribution in [1.82, 2.24) is 13.9 Å². The Balaban J connectivity index is 2.40. The Morgan fingerprint density at radius 2 is 1.86 bits per heavy atom. The highest BCUT2D eigenvalue weighted by Gasteiger charge is 2.26. The number of nitrogen functional groups attached to an aromatic ring is 1. The summed E-state index contributed by atoms with van der Waals surface area (Å²) in [5, 5.41) is 0. The zero-order valence-electron chi connectivity index (χ0n) is 12.7. The van der Waals surface area contributed by atoms with Crippen LogP contribution in [0.25, 0.3) is 0 Å². The maximum atomic E-state index is 12.8. The second kappa shape index (κ2) is 5.50. The number of sulfonamides is 1. The van der Waals surface area contributed by atoms with Gasteiger partial charge in [-0.2, -0.15) is 4.31 Å². The molecule has 0 aliphatic heterocycles. The van der Waals surface area contributed by atoms with Gasteiger partial charge in [0.1, 0.15) is 5.82 Å². The SMILES string of the molecule is Cc1cc(N)cc(C)c1S(=O)(=O)N(C)Cc1nccn1C. The van der Waals surface area contributed by atoms with Gasteiger partial charge in [-0.05, 0) is 37.1 Å². The molecule has 0 spiro atoms. The molecule has 114 valence electrons. The lowest BCUT2D eigenvalue weighted by Crippen LogP contribution is -2.29. The van der Waals surface area contributed by atoms with Gasteiger partial charge in [-0.3, -0.25) is 0 Å². The van der Waals surface area contributed by atoms with E-state index in [9.17, 15) is 8.42 Å². The fourth-order valence-electron chi connectivity index (χ4n) is 2.38. The summed E-state index contributed by atoms with van der Waals surface area (Å²) in [7, 11) is -0.195. The summed E-state index contributed by atoms with van der Waals surface area (Å²) in [5.74, 6) is 0.687. The number of hydrogen-bond acceptors (Lipinski definition) is 4. The van der Waals surface area contributed by atoms with Gasteiger partial charge in [0, 0.05) is 32.2 Å². The molecule has 0 fully saturated rings.